The maximum atomic E-state index is 13.3. The Morgan fingerprint density at radius 2 is 1.74 bits per heavy atom. The van der Waals surface area contributed by atoms with Gasteiger partial charge in [-0.25, -0.2) is 19.2 Å². The summed E-state index contributed by atoms with van der Waals surface area (Å²) in [4.78, 5) is 36.2. The number of nitrogens with one attached hydrogen (secondary N) is 2. The van der Waals surface area contributed by atoms with Gasteiger partial charge in [-0.15, -0.1) is 0 Å². The molecule has 0 bridgehead atoms. The van der Waals surface area contributed by atoms with Gasteiger partial charge >= 0.3 is 12.2 Å². The third kappa shape index (κ3) is 6.03. The number of hydrogen-bond donors (Lipinski definition) is 2. The van der Waals surface area contributed by atoms with Crippen LogP contribution in [0.15, 0.2) is 36.7 Å². The summed E-state index contributed by atoms with van der Waals surface area (Å²) in [6, 6.07) is 3.08. The first-order valence-corrected chi connectivity index (χ1v) is 9.45. The molecule has 2 heterocycles. The third-order valence-corrected chi connectivity index (χ3v) is 4.62. The van der Waals surface area contributed by atoms with Crippen molar-refractivity contribution in [2.75, 3.05) is 42.9 Å². The largest absolute Gasteiger partial charge is 0.419 e. The number of piperazine rings is 1. The molecular formula is C19H20F4N6O2. The van der Waals surface area contributed by atoms with E-state index in [0.717, 1.165) is 6.07 Å². The van der Waals surface area contributed by atoms with E-state index in [9.17, 15) is 27.2 Å². The molecule has 1 aromatic carbocycles. The fraction of sp³-hybridized carbons (Fsp3) is 0.368. The smallest absolute Gasteiger partial charge is 0.339 e. The van der Waals surface area contributed by atoms with Crippen LogP contribution < -0.4 is 15.5 Å². The first-order valence-electron chi connectivity index (χ1n) is 9.45. The number of carbonyl (C=O) groups excluding carboxylic acids is 2. The Bertz CT molecular complexity index is 917. The average Bonchev–Trinajstić information content (AvgIpc) is 2.75. The van der Waals surface area contributed by atoms with Crippen molar-refractivity contribution in [1.82, 2.24) is 20.2 Å². The standard InChI is InChI=1S/C19H20F4N6O2/c20-15-3-2-13(12-14(15)19(21,22)23)27-18(31)26-7-4-16(30)28-8-10-29(11-9-28)17-24-5-1-6-25-17/h1-3,5-6,12H,4,7-11H2,(H2,26,27,31). The molecule has 31 heavy (non-hydrogen) atoms. The fourth-order valence-electron chi connectivity index (χ4n) is 3.05. The van der Waals surface area contributed by atoms with E-state index in [1.165, 1.54) is 0 Å². The Morgan fingerprint density at radius 1 is 1.06 bits per heavy atom. The lowest BCUT2D eigenvalue weighted by Gasteiger charge is -2.34. The zero-order chi connectivity index (χ0) is 22.4. The van der Waals surface area contributed by atoms with Crippen LogP contribution in [0, 0.1) is 5.82 Å². The van der Waals surface area contributed by atoms with Crippen molar-refractivity contribution in [3.63, 3.8) is 0 Å². The fourth-order valence-corrected chi connectivity index (χ4v) is 3.05. The second kappa shape index (κ2) is 9.58. The van der Waals surface area contributed by atoms with Gasteiger partial charge < -0.3 is 20.4 Å². The van der Waals surface area contributed by atoms with Gasteiger partial charge in [-0.05, 0) is 24.3 Å². The minimum atomic E-state index is -4.87. The molecule has 1 fully saturated rings. The van der Waals surface area contributed by atoms with Crippen LogP contribution in [0.4, 0.5) is 34.0 Å². The number of nitrogens with zero attached hydrogens (tertiary/aromatic N) is 4. The molecule has 0 spiro atoms. The van der Waals surface area contributed by atoms with Gasteiger partial charge in [0, 0.05) is 57.2 Å². The summed E-state index contributed by atoms with van der Waals surface area (Å²) in [6.07, 6.45) is -1.55. The Kier molecular flexibility index (Phi) is 6.88. The Labute approximate surface area is 175 Å². The molecule has 0 atom stereocenters. The summed E-state index contributed by atoms with van der Waals surface area (Å²) < 4.78 is 51.5. The maximum absolute atomic E-state index is 13.3. The van der Waals surface area contributed by atoms with Crippen molar-refractivity contribution in [1.29, 1.82) is 0 Å². The molecule has 0 unspecified atom stereocenters. The van der Waals surface area contributed by atoms with Crippen LogP contribution in [-0.2, 0) is 11.0 Å². The quantitative estimate of drug-likeness (QED) is 0.698. The predicted molar refractivity (Wildman–Crippen MR) is 104 cm³/mol. The van der Waals surface area contributed by atoms with E-state index in [1.807, 2.05) is 4.90 Å². The van der Waals surface area contributed by atoms with Crippen molar-refractivity contribution >= 4 is 23.6 Å². The molecule has 0 aliphatic carbocycles. The SMILES string of the molecule is O=C(NCCC(=O)N1CCN(c2ncccn2)CC1)Nc1ccc(F)c(C(F)(F)F)c1. The lowest BCUT2D eigenvalue weighted by atomic mass is 10.2. The second-order valence-corrected chi connectivity index (χ2v) is 6.74. The molecule has 12 heteroatoms. The summed E-state index contributed by atoms with van der Waals surface area (Å²) in [6.45, 7) is 2.13. The highest BCUT2D eigenvalue weighted by atomic mass is 19.4. The number of aromatic nitrogens is 2. The molecule has 0 radical (unpaired) electrons. The van der Waals surface area contributed by atoms with Gasteiger partial charge in [-0.1, -0.05) is 0 Å². The topological polar surface area (TPSA) is 90.5 Å². The lowest BCUT2D eigenvalue weighted by Crippen LogP contribution is -2.49. The molecule has 3 amide bonds. The molecule has 2 aromatic rings. The number of halogens is 4. The van der Waals surface area contributed by atoms with Gasteiger partial charge in [0.15, 0.2) is 0 Å². The van der Waals surface area contributed by atoms with Crippen molar-refractivity contribution in [3.8, 4) is 0 Å². The van der Waals surface area contributed by atoms with E-state index < -0.39 is 23.6 Å². The van der Waals surface area contributed by atoms with Crippen molar-refractivity contribution < 1.29 is 27.2 Å². The van der Waals surface area contributed by atoms with E-state index in [0.29, 0.717) is 44.3 Å². The molecule has 0 saturated carbocycles. The maximum Gasteiger partial charge on any atom is 0.419 e. The normalized spacial score (nSPS) is 14.3. The number of amides is 3. The van der Waals surface area contributed by atoms with Gasteiger partial charge in [0.1, 0.15) is 5.82 Å². The van der Waals surface area contributed by atoms with Crippen LogP contribution in [0.1, 0.15) is 12.0 Å². The summed E-state index contributed by atoms with van der Waals surface area (Å²) >= 11 is 0. The van der Waals surface area contributed by atoms with Crippen LogP contribution in [0.2, 0.25) is 0 Å². The van der Waals surface area contributed by atoms with Gasteiger partial charge in [0.2, 0.25) is 11.9 Å². The highest BCUT2D eigenvalue weighted by Crippen LogP contribution is 2.32. The molecular weight excluding hydrogens is 420 g/mol. The molecule has 1 aromatic heterocycles. The Hall–Kier alpha value is -3.44. The first-order chi connectivity index (χ1) is 14.7. The van der Waals surface area contributed by atoms with Crippen LogP contribution in [-0.4, -0.2) is 59.5 Å². The summed E-state index contributed by atoms with van der Waals surface area (Å²) in [5.74, 6) is -0.986. The van der Waals surface area contributed by atoms with Gasteiger partial charge in [-0.2, -0.15) is 13.2 Å². The van der Waals surface area contributed by atoms with Crippen LogP contribution >= 0.6 is 0 Å². The minimum absolute atomic E-state index is 0.0000000114. The van der Waals surface area contributed by atoms with Gasteiger partial charge in [0.05, 0.1) is 5.56 Å². The molecule has 166 valence electrons. The van der Waals surface area contributed by atoms with Crippen LogP contribution in [0.3, 0.4) is 0 Å². The number of alkyl halides is 3. The van der Waals surface area contributed by atoms with E-state index in [-0.39, 0.29) is 24.6 Å². The zero-order valence-electron chi connectivity index (χ0n) is 16.3. The number of carbonyl (C=O) groups is 2. The van der Waals surface area contributed by atoms with Gasteiger partial charge in [-0.3, -0.25) is 4.79 Å². The number of benzene rings is 1. The van der Waals surface area contributed by atoms with E-state index in [2.05, 4.69) is 20.6 Å². The van der Waals surface area contributed by atoms with Crippen LogP contribution in [0.25, 0.3) is 0 Å². The second-order valence-electron chi connectivity index (χ2n) is 6.74. The lowest BCUT2D eigenvalue weighted by molar-refractivity contribution is -0.140. The zero-order valence-corrected chi connectivity index (χ0v) is 16.3. The van der Waals surface area contributed by atoms with Gasteiger partial charge in [0.25, 0.3) is 0 Å². The monoisotopic (exact) mass is 440 g/mol. The Balaban J connectivity index is 1.41. The molecule has 8 nitrogen and oxygen atoms in total. The molecule has 3 rings (SSSR count). The Morgan fingerprint density at radius 3 is 2.39 bits per heavy atom. The number of rotatable bonds is 5. The molecule has 1 saturated heterocycles. The first kappa shape index (κ1) is 22.2. The highest BCUT2D eigenvalue weighted by molar-refractivity contribution is 5.89. The minimum Gasteiger partial charge on any atom is -0.339 e. The number of urea groups is 1. The van der Waals surface area contributed by atoms with E-state index in [1.54, 1.807) is 23.4 Å². The third-order valence-electron chi connectivity index (χ3n) is 4.62. The average molecular weight is 440 g/mol. The number of hydrogen-bond acceptors (Lipinski definition) is 5. The van der Waals surface area contributed by atoms with E-state index in [4.69, 9.17) is 0 Å². The summed E-state index contributed by atoms with van der Waals surface area (Å²) in [5, 5.41) is 4.60. The van der Waals surface area contributed by atoms with E-state index >= 15 is 0 Å². The molecule has 1 aliphatic heterocycles. The van der Waals surface area contributed by atoms with Crippen molar-refractivity contribution in [3.05, 3.63) is 48.0 Å². The van der Waals surface area contributed by atoms with Crippen LogP contribution in [0.5, 0.6) is 0 Å². The predicted octanol–water partition coefficient (Wildman–Crippen LogP) is 2.49. The highest BCUT2D eigenvalue weighted by Gasteiger charge is 2.34. The summed E-state index contributed by atoms with van der Waals surface area (Å²) in [7, 11) is 0. The van der Waals surface area contributed by atoms with Crippen molar-refractivity contribution in [2.24, 2.45) is 0 Å². The molecule has 2 N–H and O–H groups in total. The number of anilines is 2. The van der Waals surface area contributed by atoms with Crippen molar-refractivity contribution in [2.45, 2.75) is 12.6 Å². The summed E-state index contributed by atoms with van der Waals surface area (Å²) in [5.41, 5.74) is -1.68. The molecule has 1 aliphatic rings.